The van der Waals surface area contributed by atoms with Crippen molar-refractivity contribution in [3.05, 3.63) is 53.4 Å². The second-order valence-corrected chi connectivity index (χ2v) is 5.18. The molecule has 0 unspecified atom stereocenters. The summed E-state index contributed by atoms with van der Waals surface area (Å²) in [6.07, 6.45) is 5.17. The van der Waals surface area contributed by atoms with Crippen molar-refractivity contribution in [2.24, 2.45) is 7.05 Å². The summed E-state index contributed by atoms with van der Waals surface area (Å²) < 4.78 is 6.91. The molecular weight excluding hydrogens is 278 g/mol. The number of likely N-dealkylation sites (N-methyl/N-ethyl adjacent to an activating group) is 1. The van der Waals surface area contributed by atoms with Crippen molar-refractivity contribution < 1.29 is 9.53 Å². The van der Waals surface area contributed by atoms with E-state index in [-0.39, 0.29) is 5.91 Å². The molecule has 5 heteroatoms. The molecule has 116 valence electrons. The van der Waals surface area contributed by atoms with Gasteiger partial charge in [-0.3, -0.25) is 9.48 Å². The van der Waals surface area contributed by atoms with Crippen LogP contribution in [0.15, 0.2) is 36.5 Å². The number of amides is 1. The van der Waals surface area contributed by atoms with Gasteiger partial charge in [-0.1, -0.05) is 12.1 Å². The van der Waals surface area contributed by atoms with Gasteiger partial charge in [0.2, 0.25) is 5.91 Å². The van der Waals surface area contributed by atoms with E-state index in [1.807, 2.05) is 38.2 Å². The number of hydrogen-bond donors (Lipinski definition) is 0. The normalized spacial score (nSPS) is 10.9. The average molecular weight is 299 g/mol. The number of ether oxygens (including phenoxy) is 1. The lowest BCUT2D eigenvalue weighted by atomic mass is 10.2. The molecule has 1 amide bonds. The Bertz CT molecular complexity index is 672. The Labute approximate surface area is 130 Å². The Morgan fingerprint density at radius 3 is 2.59 bits per heavy atom. The summed E-state index contributed by atoms with van der Waals surface area (Å²) in [5, 5.41) is 4.19. The van der Waals surface area contributed by atoms with Gasteiger partial charge >= 0.3 is 0 Å². The number of aromatic nitrogens is 2. The molecule has 0 N–H and O–H groups in total. The van der Waals surface area contributed by atoms with Gasteiger partial charge in [-0.15, -0.1) is 0 Å². The fraction of sp³-hybridized carbons (Fsp3) is 0.294. The van der Waals surface area contributed by atoms with Gasteiger partial charge in [-0.25, -0.2) is 0 Å². The fourth-order valence-electron chi connectivity index (χ4n) is 2.04. The summed E-state index contributed by atoms with van der Waals surface area (Å²) >= 11 is 0. The summed E-state index contributed by atoms with van der Waals surface area (Å²) in [7, 11) is 5.31. The summed E-state index contributed by atoms with van der Waals surface area (Å²) in [5.74, 6) is 0.756. The number of rotatable bonds is 5. The van der Waals surface area contributed by atoms with Crippen LogP contribution in [-0.4, -0.2) is 34.7 Å². The Morgan fingerprint density at radius 2 is 2.05 bits per heavy atom. The van der Waals surface area contributed by atoms with Crippen LogP contribution in [0.3, 0.4) is 0 Å². The van der Waals surface area contributed by atoms with Crippen molar-refractivity contribution >= 4 is 12.0 Å². The van der Waals surface area contributed by atoms with Crippen LogP contribution in [0.2, 0.25) is 0 Å². The van der Waals surface area contributed by atoms with Crippen LogP contribution in [0.1, 0.15) is 16.8 Å². The zero-order valence-corrected chi connectivity index (χ0v) is 13.4. The molecule has 0 aliphatic heterocycles. The molecule has 2 aromatic rings. The number of hydrogen-bond acceptors (Lipinski definition) is 3. The van der Waals surface area contributed by atoms with Crippen LogP contribution >= 0.6 is 0 Å². The van der Waals surface area contributed by atoms with Crippen LogP contribution < -0.4 is 4.74 Å². The number of methoxy groups -OCH3 is 1. The first-order valence-electron chi connectivity index (χ1n) is 7.06. The van der Waals surface area contributed by atoms with E-state index < -0.39 is 0 Å². The predicted molar refractivity (Wildman–Crippen MR) is 86.4 cm³/mol. The zero-order chi connectivity index (χ0) is 16.1. The second kappa shape index (κ2) is 6.93. The molecule has 0 bridgehead atoms. The van der Waals surface area contributed by atoms with Gasteiger partial charge in [-0.2, -0.15) is 5.10 Å². The number of nitrogens with zero attached hydrogens (tertiary/aromatic N) is 3. The van der Waals surface area contributed by atoms with E-state index in [4.69, 9.17) is 4.74 Å². The van der Waals surface area contributed by atoms with E-state index in [0.29, 0.717) is 6.54 Å². The van der Waals surface area contributed by atoms with Crippen molar-refractivity contribution in [3.63, 3.8) is 0 Å². The van der Waals surface area contributed by atoms with Crippen molar-refractivity contribution in [1.82, 2.24) is 14.7 Å². The highest BCUT2D eigenvalue weighted by Gasteiger charge is 2.10. The maximum absolute atomic E-state index is 12.1. The third-order valence-corrected chi connectivity index (χ3v) is 3.65. The lowest BCUT2D eigenvalue weighted by Crippen LogP contribution is -2.24. The zero-order valence-electron chi connectivity index (χ0n) is 13.4. The maximum Gasteiger partial charge on any atom is 0.246 e. The van der Waals surface area contributed by atoms with Crippen LogP contribution in [0.25, 0.3) is 6.08 Å². The lowest BCUT2D eigenvalue weighted by molar-refractivity contribution is -0.125. The molecule has 1 aromatic heterocycles. The highest BCUT2D eigenvalue weighted by Crippen LogP contribution is 2.13. The quantitative estimate of drug-likeness (QED) is 0.797. The second-order valence-electron chi connectivity index (χ2n) is 5.18. The number of aryl methyl sites for hydroxylation is 1. The van der Waals surface area contributed by atoms with E-state index in [1.165, 1.54) is 0 Å². The summed E-state index contributed by atoms with van der Waals surface area (Å²) in [4.78, 5) is 13.8. The number of carbonyl (C=O) groups excluding carboxylic acids is 1. The topological polar surface area (TPSA) is 47.4 Å². The van der Waals surface area contributed by atoms with Crippen LogP contribution in [-0.2, 0) is 18.4 Å². The van der Waals surface area contributed by atoms with Crippen molar-refractivity contribution in [1.29, 1.82) is 0 Å². The molecule has 0 radical (unpaired) electrons. The first-order valence-corrected chi connectivity index (χ1v) is 7.06. The van der Waals surface area contributed by atoms with Crippen LogP contribution in [0.4, 0.5) is 0 Å². The highest BCUT2D eigenvalue weighted by atomic mass is 16.5. The number of benzene rings is 1. The Balaban J connectivity index is 1.98. The molecule has 0 atom stereocenters. The molecule has 22 heavy (non-hydrogen) atoms. The monoisotopic (exact) mass is 299 g/mol. The largest absolute Gasteiger partial charge is 0.497 e. The van der Waals surface area contributed by atoms with Gasteiger partial charge in [0.25, 0.3) is 0 Å². The minimum absolute atomic E-state index is 0.0425. The van der Waals surface area contributed by atoms with Gasteiger partial charge < -0.3 is 9.64 Å². The van der Waals surface area contributed by atoms with Gasteiger partial charge in [0.15, 0.2) is 0 Å². The van der Waals surface area contributed by atoms with Crippen molar-refractivity contribution in [2.45, 2.75) is 13.5 Å². The van der Waals surface area contributed by atoms with Crippen molar-refractivity contribution in [3.8, 4) is 5.75 Å². The van der Waals surface area contributed by atoms with Crippen LogP contribution in [0, 0.1) is 6.92 Å². The molecule has 0 aliphatic carbocycles. The molecule has 0 fully saturated rings. The Kier molecular flexibility index (Phi) is 4.99. The predicted octanol–water partition coefficient (Wildman–Crippen LogP) is 2.41. The molecular formula is C17H21N3O2. The smallest absolute Gasteiger partial charge is 0.246 e. The molecule has 1 aromatic carbocycles. The summed E-state index contributed by atoms with van der Waals surface area (Å²) in [5.41, 5.74) is 3.08. The fourth-order valence-corrected chi connectivity index (χ4v) is 2.04. The number of carbonyl (C=O) groups is 1. The van der Waals surface area contributed by atoms with E-state index in [2.05, 4.69) is 5.10 Å². The molecule has 0 aliphatic rings. The van der Waals surface area contributed by atoms with E-state index in [0.717, 1.165) is 22.6 Å². The molecule has 2 rings (SSSR count). The SMILES string of the molecule is COc1ccc(/C=C/C(=O)N(C)Cc2cnn(C)c2C)cc1. The average Bonchev–Trinajstić information content (AvgIpc) is 2.85. The van der Waals surface area contributed by atoms with Gasteiger partial charge in [0, 0.05) is 38.0 Å². The van der Waals surface area contributed by atoms with Gasteiger partial charge in [0.1, 0.15) is 5.75 Å². The first-order chi connectivity index (χ1) is 10.5. The van der Waals surface area contributed by atoms with E-state index in [1.54, 1.807) is 42.1 Å². The minimum Gasteiger partial charge on any atom is -0.497 e. The molecule has 0 spiro atoms. The standard InChI is InChI=1S/C17H21N3O2/c1-13-15(11-18-20(13)3)12-19(2)17(21)10-7-14-5-8-16(22-4)9-6-14/h5-11H,12H2,1-4H3/b10-7+. The summed E-state index contributed by atoms with van der Waals surface area (Å²) in [6.45, 7) is 2.54. The Morgan fingerprint density at radius 1 is 1.36 bits per heavy atom. The highest BCUT2D eigenvalue weighted by molar-refractivity contribution is 5.91. The van der Waals surface area contributed by atoms with Crippen molar-refractivity contribution in [2.75, 3.05) is 14.2 Å². The van der Waals surface area contributed by atoms with E-state index >= 15 is 0 Å². The van der Waals surface area contributed by atoms with Gasteiger partial charge in [-0.05, 0) is 30.7 Å². The first kappa shape index (κ1) is 15.8. The summed E-state index contributed by atoms with van der Waals surface area (Å²) in [6, 6.07) is 7.56. The molecule has 0 saturated heterocycles. The minimum atomic E-state index is -0.0425. The third kappa shape index (κ3) is 3.75. The molecule has 5 nitrogen and oxygen atoms in total. The molecule has 1 heterocycles. The molecule has 0 saturated carbocycles. The lowest BCUT2D eigenvalue weighted by Gasteiger charge is -2.14. The van der Waals surface area contributed by atoms with E-state index in [9.17, 15) is 4.79 Å². The maximum atomic E-state index is 12.1. The third-order valence-electron chi connectivity index (χ3n) is 3.65. The van der Waals surface area contributed by atoms with Crippen LogP contribution in [0.5, 0.6) is 5.75 Å². The van der Waals surface area contributed by atoms with Gasteiger partial charge in [0.05, 0.1) is 13.3 Å². The Hall–Kier alpha value is -2.56.